The Morgan fingerprint density at radius 2 is 2.04 bits per heavy atom. The Hall–Kier alpha value is -1.01. The molecule has 0 atom stereocenters. The molecule has 1 amide bonds. The van der Waals surface area contributed by atoms with Gasteiger partial charge in [0.1, 0.15) is 0 Å². The van der Waals surface area contributed by atoms with Crippen LogP contribution in [0.2, 0.25) is 5.02 Å². The van der Waals surface area contributed by atoms with Crippen LogP contribution in [0.3, 0.4) is 0 Å². The number of halogens is 5. The Bertz CT molecular complexity index is 928. The fraction of sp³-hybridized carbons (Fsp3) is 0.278. The molecule has 5 nitrogen and oxygen atoms in total. The highest BCUT2D eigenvalue weighted by atomic mass is 127. The second-order valence-corrected chi connectivity index (χ2v) is 8.92. The normalized spacial score (nSPS) is 14.6. The minimum atomic E-state index is -1.23. The summed E-state index contributed by atoms with van der Waals surface area (Å²) in [5, 5.41) is 12.7. The van der Waals surface area contributed by atoms with E-state index in [-0.39, 0.29) is 27.4 Å². The first-order chi connectivity index (χ1) is 13.2. The van der Waals surface area contributed by atoms with Crippen molar-refractivity contribution < 1.29 is 23.5 Å². The molecule has 0 aliphatic heterocycles. The van der Waals surface area contributed by atoms with E-state index < -0.39 is 23.1 Å². The van der Waals surface area contributed by atoms with Crippen LogP contribution in [-0.2, 0) is 4.84 Å². The number of benzene rings is 2. The largest absolute Gasteiger partial charge is 0.390 e. The fourth-order valence-corrected chi connectivity index (χ4v) is 3.73. The van der Waals surface area contributed by atoms with Crippen molar-refractivity contribution in [2.45, 2.75) is 24.9 Å². The molecular weight excluding hydrogens is 572 g/mol. The lowest BCUT2D eigenvalue weighted by atomic mass is 10.1. The quantitative estimate of drug-likeness (QED) is 0.178. The number of carbonyl (C=O) groups excluding carboxylic acids is 1. The maximum atomic E-state index is 14.6. The van der Waals surface area contributed by atoms with Crippen LogP contribution in [0.15, 0.2) is 28.7 Å². The van der Waals surface area contributed by atoms with Gasteiger partial charge in [-0.15, -0.1) is 0 Å². The number of amides is 1. The van der Waals surface area contributed by atoms with Gasteiger partial charge in [0.25, 0.3) is 5.91 Å². The number of carbonyl (C=O) groups is 1. The van der Waals surface area contributed by atoms with Crippen LogP contribution < -0.4 is 10.8 Å². The van der Waals surface area contributed by atoms with E-state index in [0.717, 1.165) is 9.64 Å². The number of aliphatic hydroxyl groups is 1. The third kappa shape index (κ3) is 5.12. The van der Waals surface area contributed by atoms with Gasteiger partial charge in [-0.2, -0.15) is 0 Å². The average Bonchev–Trinajstić information content (AvgIpc) is 3.38. The summed E-state index contributed by atoms with van der Waals surface area (Å²) < 4.78 is 29.3. The van der Waals surface area contributed by atoms with E-state index >= 15 is 0 Å². The van der Waals surface area contributed by atoms with Crippen molar-refractivity contribution in [1.29, 1.82) is 0 Å². The smallest absolute Gasteiger partial charge is 0.277 e. The molecule has 2 aromatic carbocycles. The van der Waals surface area contributed by atoms with Gasteiger partial charge in [0.05, 0.1) is 38.6 Å². The van der Waals surface area contributed by atoms with Gasteiger partial charge in [-0.3, -0.25) is 9.63 Å². The molecule has 0 heterocycles. The molecule has 1 aliphatic rings. The number of nitrogens with one attached hydrogen (secondary N) is 2. The molecular formula is C18H15BrClF2IN2O3. The van der Waals surface area contributed by atoms with Crippen molar-refractivity contribution in [3.05, 3.63) is 54.5 Å². The molecule has 10 heteroatoms. The monoisotopic (exact) mass is 586 g/mol. The molecule has 3 N–H and O–H groups in total. The molecule has 3 rings (SSSR count). The van der Waals surface area contributed by atoms with Gasteiger partial charge in [-0.1, -0.05) is 11.6 Å². The molecule has 1 aliphatic carbocycles. The molecule has 28 heavy (non-hydrogen) atoms. The van der Waals surface area contributed by atoms with E-state index in [1.807, 2.05) is 0 Å². The molecule has 2 aromatic rings. The first-order valence-electron chi connectivity index (χ1n) is 8.24. The van der Waals surface area contributed by atoms with Crippen LogP contribution >= 0.6 is 50.1 Å². The van der Waals surface area contributed by atoms with Crippen LogP contribution in [0.5, 0.6) is 0 Å². The minimum Gasteiger partial charge on any atom is -0.390 e. The Labute approximate surface area is 187 Å². The summed E-state index contributed by atoms with van der Waals surface area (Å²) in [4.78, 5) is 17.5. The molecule has 0 radical (unpaired) electrons. The predicted octanol–water partition coefficient (Wildman–Crippen LogP) is 5.31. The topological polar surface area (TPSA) is 70.6 Å². The highest BCUT2D eigenvalue weighted by Crippen LogP contribution is 2.38. The predicted molar refractivity (Wildman–Crippen MR) is 114 cm³/mol. The van der Waals surface area contributed by atoms with Crippen molar-refractivity contribution >= 4 is 67.4 Å². The summed E-state index contributed by atoms with van der Waals surface area (Å²) in [7, 11) is 0. The van der Waals surface area contributed by atoms with Gasteiger partial charge in [0, 0.05) is 9.99 Å². The Balaban J connectivity index is 1.81. The zero-order valence-electron chi connectivity index (χ0n) is 14.3. The molecule has 1 fully saturated rings. The number of hydrogen-bond acceptors (Lipinski definition) is 4. The Kier molecular flexibility index (Phi) is 6.80. The first kappa shape index (κ1) is 21.7. The number of hydrogen-bond donors (Lipinski definition) is 3. The third-order valence-electron chi connectivity index (χ3n) is 4.26. The Morgan fingerprint density at radius 1 is 1.32 bits per heavy atom. The lowest BCUT2D eigenvalue weighted by Gasteiger charge is -2.16. The van der Waals surface area contributed by atoms with Crippen molar-refractivity contribution in [3.63, 3.8) is 0 Å². The lowest BCUT2D eigenvalue weighted by Crippen LogP contribution is -2.27. The molecule has 0 saturated heterocycles. The standard InChI is InChI=1S/C18H15BrClF2IN2O3/c19-11-8-10(17(26)25-28-6-5-18(27)3-4-18)16(15(22)14(11)21)24-13-2-1-9(23)7-12(13)20/h1-2,7-8,24,27H,3-6H2,(H,25,26). The van der Waals surface area contributed by atoms with Crippen LogP contribution in [0, 0.1) is 15.2 Å². The number of rotatable bonds is 7. The van der Waals surface area contributed by atoms with E-state index in [0.29, 0.717) is 24.9 Å². The van der Waals surface area contributed by atoms with Crippen LogP contribution in [0.25, 0.3) is 0 Å². The second-order valence-electron chi connectivity index (χ2n) is 6.41. The van der Waals surface area contributed by atoms with E-state index in [2.05, 4.69) is 49.3 Å². The molecule has 1 saturated carbocycles. The summed E-state index contributed by atoms with van der Waals surface area (Å²) in [6.07, 6.45) is 1.77. The van der Waals surface area contributed by atoms with Gasteiger partial charge < -0.3 is 10.4 Å². The van der Waals surface area contributed by atoms with E-state index in [1.54, 1.807) is 18.2 Å². The number of hydroxylamine groups is 1. The summed E-state index contributed by atoms with van der Waals surface area (Å²) in [6.45, 7) is 0.0960. The van der Waals surface area contributed by atoms with Gasteiger partial charge in [-0.05, 0) is 75.6 Å². The molecule has 150 valence electrons. The van der Waals surface area contributed by atoms with E-state index in [4.69, 9.17) is 16.4 Å². The van der Waals surface area contributed by atoms with Crippen molar-refractivity contribution in [2.24, 2.45) is 0 Å². The molecule has 0 bridgehead atoms. The molecule has 0 aromatic heterocycles. The van der Waals surface area contributed by atoms with E-state index in [9.17, 15) is 18.7 Å². The summed E-state index contributed by atoms with van der Waals surface area (Å²) in [5.41, 5.74) is 1.24. The van der Waals surface area contributed by atoms with Crippen LogP contribution in [0.4, 0.5) is 20.2 Å². The number of anilines is 2. The fourth-order valence-electron chi connectivity index (χ4n) is 2.43. The highest BCUT2D eigenvalue weighted by Gasteiger charge is 2.39. The summed E-state index contributed by atoms with van der Waals surface area (Å²) >= 11 is 11.1. The summed E-state index contributed by atoms with van der Waals surface area (Å²) in [6, 6.07) is 6.11. The van der Waals surface area contributed by atoms with Gasteiger partial charge in [0.2, 0.25) is 0 Å². The first-order valence-corrected chi connectivity index (χ1v) is 10.5. The third-order valence-corrected chi connectivity index (χ3v) is 5.82. The van der Waals surface area contributed by atoms with Gasteiger partial charge in [0.15, 0.2) is 11.6 Å². The lowest BCUT2D eigenvalue weighted by molar-refractivity contribution is 0.0120. The van der Waals surface area contributed by atoms with Gasteiger partial charge in [-0.25, -0.2) is 14.3 Å². The summed E-state index contributed by atoms with van der Waals surface area (Å²) in [5.74, 6) is -3.15. The van der Waals surface area contributed by atoms with Gasteiger partial charge >= 0.3 is 0 Å². The maximum Gasteiger partial charge on any atom is 0.277 e. The van der Waals surface area contributed by atoms with Crippen molar-refractivity contribution in [1.82, 2.24) is 5.48 Å². The van der Waals surface area contributed by atoms with Crippen LogP contribution in [-0.4, -0.2) is 23.2 Å². The highest BCUT2D eigenvalue weighted by molar-refractivity contribution is 14.1. The van der Waals surface area contributed by atoms with Crippen molar-refractivity contribution in [2.75, 3.05) is 11.9 Å². The minimum absolute atomic E-state index is 0.0960. The van der Waals surface area contributed by atoms with E-state index in [1.165, 1.54) is 0 Å². The van der Waals surface area contributed by atoms with Crippen molar-refractivity contribution in [3.8, 4) is 0 Å². The SMILES string of the molecule is O=C(NOCCC1(O)CC1)c1cc(Br)c(F)c(F)c1Nc1ccc(I)cc1Cl. The zero-order valence-corrected chi connectivity index (χ0v) is 18.8. The molecule has 0 spiro atoms. The van der Waals surface area contributed by atoms with Crippen LogP contribution in [0.1, 0.15) is 29.6 Å². The Morgan fingerprint density at radius 3 is 2.68 bits per heavy atom. The molecule has 0 unspecified atom stereocenters. The average molecular weight is 588 g/mol. The second kappa shape index (κ2) is 8.78. The zero-order chi connectivity index (χ0) is 20.5. The maximum absolute atomic E-state index is 14.6.